The average Bonchev–Trinajstić information content (AvgIpc) is 2.37. The van der Waals surface area contributed by atoms with Crippen molar-refractivity contribution in [3.05, 3.63) is 46.9 Å². The first-order valence-electron chi connectivity index (χ1n) is 6.06. The lowest BCUT2D eigenvalue weighted by atomic mass is 10.1. The van der Waals surface area contributed by atoms with Crippen LogP contribution in [-0.2, 0) is 16.4 Å². The van der Waals surface area contributed by atoms with Crippen molar-refractivity contribution in [3.8, 4) is 0 Å². The monoisotopic (exact) mass is 314 g/mol. The molecule has 0 aliphatic heterocycles. The van der Waals surface area contributed by atoms with Gasteiger partial charge in [-0.15, -0.1) is 6.58 Å². The van der Waals surface area contributed by atoms with Crippen LogP contribution in [0.25, 0.3) is 5.57 Å². The molecule has 0 unspecified atom stereocenters. The maximum absolute atomic E-state index is 11.5. The lowest BCUT2D eigenvalue weighted by molar-refractivity contribution is 0.531. The van der Waals surface area contributed by atoms with E-state index >= 15 is 0 Å². The van der Waals surface area contributed by atoms with Crippen molar-refractivity contribution in [2.45, 2.75) is 20.3 Å². The second-order valence-corrected chi connectivity index (χ2v) is 6.95. The van der Waals surface area contributed by atoms with E-state index in [1.165, 1.54) is 11.4 Å². The number of pyridine rings is 1. The van der Waals surface area contributed by atoms with Crippen molar-refractivity contribution in [1.82, 2.24) is 9.29 Å². The molecule has 0 fully saturated rings. The van der Waals surface area contributed by atoms with Gasteiger partial charge in [-0.05, 0) is 37.5 Å². The molecule has 0 amide bonds. The summed E-state index contributed by atoms with van der Waals surface area (Å²) in [5.41, 5.74) is 2.95. The lowest BCUT2D eigenvalue weighted by Gasteiger charge is -2.19. The van der Waals surface area contributed by atoms with E-state index < -0.39 is 10.0 Å². The third-order valence-electron chi connectivity index (χ3n) is 3.19. The standard InChI is InChI=1S/C14H19ClN2O2S/c1-6-7-12-8-9-13(16-14(12)15)10(2)11(3)17(4)20(5,18)19/h6,8-9H,1,7H2,2-5H3. The molecule has 1 rings (SSSR count). The topological polar surface area (TPSA) is 50.3 Å². The molecule has 0 atom stereocenters. The van der Waals surface area contributed by atoms with Crippen LogP contribution in [0.4, 0.5) is 0 Å². The Kier molecular flexibility index (Phi) is 5.36. The van der Waals surface area contributed by atoms with Gasteiger partial charge in [0.2, 0.25) is 10.0 Å². The average molecular weight is 315 g/mol. The van der Waals surface area contributed by atoms with E-state index in [4.69, 9.17) is 11.6 Å². The van der Waals surface area contributed by atoms with E-state index in [2.05, 4.69) is 11.6 Å². The smallest absolute Gasteiger partial charge is 0.231 e. The molecule has 0 aliphatic rings. The molecule has 0 aliphatic carbocycles. The van der Waals surface area contributed by atoms with Gasteiger partial charge in [-0.3, -0.25) is 4.31 Å². The number of nitrogens with zero attached hydrogens (tertiary/aromatic N) is 2. The lowest BCUT2D eigenvalue weighted by Crippen LogP contribution is -2.24. The van der Waals surface area contributed by atoms with Crippen molar-refractivity contribution in [2.75, 3.05) is 13.3 Å². The SMILES string of the molecule is C=CCc1ccc(C(C)=C(C)N(C)S(C)(=O)=O)nc1Cl. The van der Waals surface area contributed by atoms with Gasteiger partial charge in [-0.1, -0.05) is 23.7 Å². The van der Waals surface area contributed by atoms with Crippen molar-refractivity contribution in [2.24, 2.45) is 0 Å². The minimum atomic E-state index is -3.28. The third kappa shape index (κ3) is 3.84. The first-order chi connectivity index (χ1) is 9.18. The fourth-order valence-corrected chi connectivity index (χ4v) is 2.52. The second kappa shape index (κ2) is 6.41. The quantitative estimate of drug-likeness (QED) is 0.620. The Labute approximate surface area is 125 Å². The number of halogens is 1. The molecule has 0 radical (unpaired) electrons. The Morgan fingerprint density at radius 1 is 1.45 bits per heavy atom. The maximum Gasteiger partial charge on any atom is 0.231 e. The minimum Gasteiger partial charge on any atom is -0.277 e. The summed E-state index contributed by atoms with van der Waals surface area (Å²) >= 11 is 6.11. The van der Waals surface area contributed by atoms with Crippen LogP contribution in [0.3, 0.4) is 0 Å². The summed E-state index contributed by atoms with van der Waals surface area (Å²) in [6.07, 6.45) is 3.57. The van der Waals surface area contributed by atoms with E-state index in [-0.39, 0.29) is 0 Å². The molecule has 1 aromatic heterocycles. The molecule has 0 saturated carbocycles. The molecule has 110 valence electrons. The Balaban J connectivity index is 3.24. The van der Waals surface area contributed by atoms with Gasteiger partial charge < -0.3 is 0 Å². The summed E-state index contributed by atoms with van der Waals surface area (Å²) in [6.45, 7) is 7.23. The molecule has 1 heterocycles. The summed E-state index contributed by atoms with van der Waals surface area (Å²) in [4.78, 5) is 4.32. The maximum atomic E-state index is 11.5. The van der Waals surface area contributed by atoms with Crippen LogP contribution in [0.1, 0.15) is 25.1 Å². The summed E-state index contributed by atoms with van der Waals surface area (Å²) in [5.74, 6) is 0. The zero-order valence-electron chi connectivity index (χ0n) is 12.1. The second-order valence-electron chi connectivity index (χ2n) is 4.58. The van der Waals surface area contributed by atoms with Crippen LogP contribution >= 0.6 is 11.6 Å². The first kappa shape index (κ1) is 16.7. The fourth-order valence-electron chi connectivity index (χ4n) is 1.65. The minimum absolute atomic E-state index is 0.413. The van der Waals surface area contributed by atoms with Gasteiger partial charge in [0.15, 0.2) is 0 Å². The first-order valence-corrected chi connectivity index (χ1v) is 8.29. The van der Waals surface area contributed by atoms with E-state index in [0.29, 0.717) is 23.0 Å². The van der Waals surface area contributed by atoms with Crippen LogP contribution in [0, 0.1) is 0 Å². The summed E-state index contributed by atoms with van der Waals surface area (Å²) in [7, 11) is -1.76. The number of aromatic nitrogens is 1. The summed E-state index contributed by atoms with van der Waals surface area (Å²) < 4.78 is 24.3. The zero-order valence-corrected chi connectivity index (χ0v) is 13.7. The third-order valence-corrected chi connectivity index (χ3v) is 4.78. The highest BCUT2D eigenvalue weighted by Gasteiger charge is 2.15. The van der Waals surface area contributed by atoms with E-state index in [1.54, 1.807) is 13.0 Å². The van der Waals surface area contributed by atoms with Crippen LogP contribution < -0.4 is 0 Å². The number of hydrogen-bond acceptors (Lipinski definition) is 3. The Bertz CT molecular complexity index is 651. The van der Waals surface area contributed by atoms with Crippen molar-refractivity contribution >= 4 is 27.2 Å². The predicted octanol–water partition coefficient (Wildman–Crippen LogP) is 3.11. The molecule has 4 nitrogen and oxygen atoms in total. The molecule has 1 aromatic rings. The van der Waals surface area contributed by atoms with Gasteiger partial charge in [-0.25, -0.2) is 13.4 Å². The van der Waals surface area contributed by atoms with Crippen LogP contribution in [0.5, 0.6) is 0 Å². The van der Waals surface area contributed by atoms with Gasteiger partial charge in [0, 0.05) is 12.7 Å². The number of allylic oxidation sites excluding steroid dienone is 3. The molecular weight excluding hydrogens is 296 g/mol. The molecule has 0 N–H and O–H groups in total. The molecule has 0 aromatic carbocycles. The molecule has 0 spiro atoms. The van der Waals surface area contributed by atoms with E-state index in [9.17, 15) is 8.42 Å². The number of hydrogen-bond donors (Lipinski definition) is 0. The Morgan fingerprint density at radius 3 is 2.50 bits per heavy atom. The highest BCUT2D eigenvalue weighted by Crippen LogP contribution is 2.23. The van der Waals surface area contributed by atoms with Gasteiger partial charge in [0.25, 0.3) is 0 Å². The highest BCUT2D eigenvalue weighted by molar-refractivity contribution is 7.88. The largest absolute Gasteiger partial charge is 0.277 e. The van der Waals surface area contributed by atoms with Gasteiger partial charge >= 0.3 is 0 Å². The van der Waals surface area contributed by atoms with Gasteiger partial charge in [0.05, 0.1) is 11.9 Å². The van der Waals surface area contributed by atoms with Crippen LogP contribution in [0.2, 0.25) is 5.15 Å². The van der Waals surface area contributed by atoms with E-state index in [1.807, 2.05) is 19.1 Å². The normalized spacial score (nSPS) is 12.8. The summed E-state index contributed by atoms with van der Waals surface area (Å²) in [5, 5.41) is 0.413. The molecular formula is C14H19ClN2O2S. The fraction of sp³-hybridized carbons (Fsp3) is 0.357. The number of rotatable bonds is 5. The molecule has 0 saturated heterocycles. The summed E-state index contributed by atoms with van der Waals surface area (Å²) in [6, 6.07) is 3.71. The predicted molar refractivity (Wildman–Crippen MR) is 84.0 cm³/mol. The van der Waals surface area contributed by atoms with Crippen LogP contribution in [-0.4, -0.2) is 31.0 Å². The van der Waals surface area contributed by atoms with Crippen LogP contribution in [0.15, 0.2) is 30.5 Å². The van der Waals surface area contributed by atoms with Gasteiger partial charge in [0.1, 0.15) is 5.15 Å². The highest BCUT2D eigenvalue weighted by atomic mass is 35.5. The van der Waals surface area contributed by atoms with Gasteiger partial charge in [-0.2, -0.15) is 0 Å². The molecule has 20 heavy (non-hydrogen) atoms. The molecule has 6 heteroatoms. The van der Waals surface area contributed by atoms with Crippen molar-refractivity contribution < 1.29 is 8.42 Å². The van der Waals surface area contributed by atoms with E-state index in [0.717, 1.165) is 17.4 Å². The number of sulfonamides is 1. The van der Waals surface area contributed by atoms with Crippen molar-refractivity contribution in [3.63, 3.8) is 0 Å². The van der Waals surface area contributed by atoms with Crippen molar-refractivity contribution in [1.29, 1.82) is 0 Å². The molecule has 0 bridgehead atoms. The zero-order chi connectivity index (χ0) is 15.5. The Hall–Kier alpha value is -1.33. The Morgan fingerprint density at radius 2 is 2.05 bits per heavy atom.